The van der Waals surface area contributed by atoms with Gasteiger partial charge in [-0.25, -0.2) is 0 Å². The number of hydrogen-bond acceptors (Lipinski definition) is 5. The van der Waals surface area contributed by atoms with Gasteiger partial charge in [0.2, 0.25) is 5.91 Å². The van der Waals surface area contributed by atoms with Crippen LogP contribution in [0.25, 0.3) is 0 Å². The molecular formula is C18H16F2N2O3S. The average molecular weight is 378 g/mol. The third-order valence-electron chi connectivity index (χ3n) is 3.24. The number of carbonyl (C=O) groups excluding carboxylic acids is 1. The van der Waals surface area contributed by atoms with Gasteiger partial charge in [0.1, 0.15) is 0 Å². The zero-order chi connectivity index (χ0) is 18.9. The van der Waals surface area contributed by atoms with Crippen LogP contribution in [0.1, 0.15) is 11.1 Å². The lowest BCUT2D eigenvalue weighted by atomic mass is 10.2. The van der Waals surface area contributed by atoms with Gasteiger partial charge in [-0.2, -0.15) is 14.0 Å². The van der Waals surface area contributed by atoms with Gasteiger partial charge in [0.05, 0.1) is 24.5 Å². The molecular weight excluding hydrogens is 362 g/mol. The highest BCUT2D eigenvalue weighted by Gasteiger charge is 2.11. The molecule has 0 saturated heterocycles. The molecule has 136 valence electrons. The molecule has 0 aliphatic heterocycles. The van der Waals surface area contributed by atoms with Crippen LogP contribution in [-0.4, -0.2) is 25.4 Å². The van der Waals surface area contributed by atoms with Gasteiger partial charge in [-0.05, 0) is 42.0 Å². The second kappa shape index (κ2) is 9.63. The van der Waals surface area contributed by atoms with Crippen molar-refractivity contribution in [3.05, 3.63) is 53.6 Å². The maximum atomic E-state index is 12.3. The summed E-state index contributed by atoms with van der Waals surface area (Å²) in [6, 6.07) is 13.2. The van der Waals surface area contributed by atoms with Gasteiger partial charge in [0.15, 0.2) is 11.5 Å². The monoisotopic (exact) mass is 378 g/mol. The molecule has 0 aliphatic rings. The zero-order valence-corrected chi connectivity index (χ0v) is 14.7. The van der Waals surface area contributed by atoms with Crippen LogP contribution in [-0.2, 0) is 10.5 Å². The van der Waals surface area contributed by atoms with E-state index in [1.807, 2.05) is 6.07 Å². The first-order valence-electron chi connectivity index (χ1n) is 7.51. The average Bonchev–Trinajstić information content (AvgIpc) is 2.63. The number of nitriles is 1. The number of carbonyl (C=O) groups is 1. The molecule has 0 aliphatic carbocycles. The Balaban J connectivity index is 1.84. The third-order valence-corrected chi connectivity index (χ3v) is 4.25. The van der Waals surface area contributed by atoms with E-state index in [9.17, 15) is 13.6 Å². The number of methoxy groups -OCH3 is 1. The summed E-state index contributed by atoms with van der Waals surface area (Å²) < 4.78 is 34.0. The van der Waals surface area contributed by atoms with E-state index in [1.165, 1.54) is 24.9 Å². The number of halogens is 2. The molecule has 2 aromatic rings. The van der Waals surface area contributed by atoms with Gasteiger partial charge >= 0.3 is 6.61 Å². The van der Waals surface area contributed by atoms with Gasteiger partial charge in [-0.3, -0.25) is 4.79 Å². The summed E-state index contributed by atoms with van der Waals surface area (Å²) in [7, 11) is 1.37. The first-order valence-corrected chi connectivity index (χ1v) is 8.66. The Morgan fingerprint density at radius 3 is 2.58 bits per heavy atom. The van der Waals surface area contributed by atoms with Gasteiger partial charge < -0.3 is 14.8 Å². The molecule has 26 heavy (non-hydrogen) atoms. The fourth-order valence-corrected chi connectivity index (χ4v) is 2.86. The fraction of sp³-hybridized carbons (Fsp3) is 0.222. The number of amides is 1. The second-order valence-corrected chi connectivity index (χ2v) is 6.08. The van der Waals surface area contributed by atoms with Crippen LogP contribution in [0.5, 0.6) is 11.5 Å². The largest absolute Gasteiger partial charge is 0.493 e. The molecule has 0 bridgehead atoms. The Kier molecular flexibility index (Phi) is 7.24. The summed E-state index contributed by atoms with van der Waals surface area (Å²) in [5.74, 6) is 0.730. The maximum absolute atomic E-state index is 12.3. The molecule has 0 saturated carbocycles. The van der Waals surface area contributed by atoms with E-state index in [2.05, 4.69) is 10.1 Å². The molecule has 2 aromatic carbocycles. The maximum Gasteiger partial charge on any atom is 0.387 e. The van der Waals surface area contributed by atoms with E-state index in [0.29, 0.717) is 17.0 Å². The van der Waals surface area contributed by atoms with Crippen LogP contribution in [0.4, 0.5) is 14.5 Å². The molecule has 0 unspecified atom stereocenters. The van der Waals surface area contributed by atoms with Gasteiger partial charge in [0.25, 0.3) is 0 Å². The summed E-state index contributed by atoms with van der Waals surface area (Å²) in [6.45, 7) is -2.92. The van der Waals surface area contributed by atoms with Crippen molar-refractivity contribution >= 4 is 23.4 Å². The summed E-state index contributed by atoms with van der Waals surface area (Å²) >= 11 is 1.37. The minimum Gasteiger partial charge on any atom is -0.493 e. The minimum absolute atomic E-state index is 0.0326. The molecule has 0 heterocycles. The van der Waals surface area contributed by atoms with Crippen molar-refractivity contribution in [1.82, 2.24) is 0 Å². The lowest BCUT2D eigenvalue weighted by molar-refractivity contribution is -0.113. The topological polar surface area (TPSA) is 71.3 Å². The summed E-state index contributed by atoms with van der Waals surface area (Å²) in [4.78, 5) is 11.9. The second-order valence-electron chi connectivity index (χ2n) is 5.09. The summed E-state index contributed by atoms with van der Waals surface area (Å²) in [5, 5.41) is 11.5. The Morgan fingerprint density at radius 1 is 1.23 bits per heavy atom. The quantitative estimate of drug-likeness (QED) is 0.751. The van der Waals surface area contributed by atoms with Crippen molar-refractivity contribution in [2.24, 2.45) is 0 Å². The van der Waals surface area contributed by atoms with E-state index >= 15 is 0 Å². The van der Waals surface area contributed by atoms with Crippen LogP contribution in [0.3, 0.4) is 0 Å². The van der Waals surface area contributed by atoms with Crippen molar-refractivity contribution in [3.8, 4) is 17.6 Å². The van der Waals surface area contributed by atoms with Gasteiger partial charge in [-0.1, -0.05) is 6.07 Å². The summed E-state index contributed by atoms with van der Waals surface area (Å²) in [6.07, 6.45) is 0. The third kappa shape index (κ3) is 5.93. The number of nitrogens with zero attached hydrogens (tertiary/aromatic N) is 1. The normalized spacial score (nSPS) is 10.3. The van der Waals surface area contributed by atoms with Crippen molar-refractivity contribution < 1.29 is 23.0 Å². The highest BCUT2D eigenvalue weighted by atomic mass is 32.2. The predicted molar refractivity (Wildman–Crippen MR) is 95.6 cm³/mol. The van der Waals surface area contributed by atoms with Crippen LogP contribution in [0.2, 0.25) is 0 Å². The summed E-state index contributed by atoms with van der Waals surface area (Å²) in [5.41, 5.74) is 1.95. The number of thioether (sulfide) groups is 1. The number of ether oxygens (including phenoxy) is 2. The Morgan fingerprint density at radius 2 is 1.96 bits per heavy atom. The Labute approximate surface area is 153 Å². The van der Waals surface area contributed by atoms with E-state index in [-0.39, 0.29) is 23.2 Å². The van der Waals surface area contributed by atoms with E-state index < -0.39 is 6.61 Å². The number of benzene rings is 2. The predicted octanol–water partition coefficient (Wildman–Crippen LogP) is 4.04. The molecule has 0 radical (unpaired) electrons. The van der Waals surface area contributed by atoms with Crippen molar-refractivity contribution in [1.29, 1.82) is 5.26 Å². The highest BCUT2D eigenvalue weighted by molar-refractivity contribution is 7.99. The molecule has 8 heteroatoms. The van der Waals surface area contributed by atoms with Gasteiger partial charge in [0, 0.05) is 11.4 Å². The first-order chi connectivity index (χ1) is 12.5. The van der Waals surface area contributed by atoms with Crippen LogP contribution in [0, 0.1) is 11.3 Å². The lowest BCUT2D eigenvalue weighted by Gasteiger charge is -2.11. The number of alkyl halides is 2. The highest BCUT2D eigenvalue weighted by Crippen LogP contribution is 2.30. The van der Waals surface area contributed by atoms with Crippen molar-refractivity contribution in [2.45, 2.75) is 12.4 Å². The van der Waals surface area contributed by atoms with Crippen molar-refractivity contribution in [3.63, 3.8) is 0 Å². The number of rotatable bonds is 8. The van der Waals surface area contributed by atoms with Crippen LogP contribution >= 0.6 is 11.8 Å². The number of hydrogen-bond donors (Lipinski definition) is 1. The van der Waals surface area contributed by atoms with E-state index in [1.54, 1.807) is 36.4 Å². The molecule has 1 N–H and O–H groups in total. The first kappa shape index (κ1) is 19.5. The minimum atomic E-state index is -2.92. The molecule has 0 aromatic heterocycles. The van der Waals surface area contributed by atoms with Crippen LogP contribution < -0.4 is 14.8 Å². The van der Waals surface area contributed by atoms with Crippen molar-refractivity contribution in [2.75, 3.05) is 18.2 Å². The molecule has 0 atom stereocenters. The molecule has 0 fully saturated rings. The fourth-order valence-electron chi connectivity index (χ4n) is 2.08. The Hall–Kier alpha value is -2.79. The zero-order valence-electron chi connectivity index (χ0n) is 13.9. The SMILES string of the molecule is COc1cc(CSCC(=O)Nc2ccc(C#N)cc2)ccc1OC(F)F. The van der Waals surface area contributed by atoms with Gasteiger partial charge in [-0.15, -0.1) is 11.8 Å². The number of anilines is 1. The lowest BCUT2D eigenvalue weighted by Crippen LogP contribution is -2.14. The Bertz CT molecular complexity index is 792. The standard InChI is InChI=1S/C18H16F2N2O3S/c1-24-16-8-13(4-7-15(16)25-18(19)20)10-26-11-17(23)22-14-5-2-12(9-21)3-6-14/h2-8,18H,10-11H2,1H3,(H,22,23). The molecule has 5 nitrogen and oxygen atoms in total. The number of nitrogens with one attached hydrogen (secondary N) is 1. The molecule has 1 amide bonds. The molecule has 0 spiro atoms. The van der Waals surface area contributed by atoms with Crippen LogP contribution in [0.15, 0.2) is 42.5 Å². The smallest absolute Gasteiger partial charge is 0.387 e. The molecule has 2 rings (SSSR count). The van der Waals surface area contributed by atoms with E-state index in [4.69, 9.17) is 10.00 Å². The van der Waals surface area contributed by atoms with E-state index in [0.717, 1.165) is 5.56 Å².